The van der Waals surface area contributed by atoms with Crippen molar-refractivity contribution in [3.8, 4) is 0 Å². The van der Waals surface area contributed by atoms with Crippen LogP contribution in [-0.4, -0.2) is 105 Å². The molecule has 4 aliphatic heterocycles. The topological polar surface area (TPSA) is 140 Å². The molecule has 8 rings (SSSR count). The van der Waals surface area contributed by atoms with Gasteiger partial charge in [0.25, 0.3) is 5.91 Å². The first-order valence-electron chi connectivity index (χ1n) is 17.9. The standard InChI is InChI=1S/C37H44FN4O7PS/c1-40(28-20-49-21-28)26-8-10-29(39-34(43)32-16-24-15-23(7-12-31(24)51-32)33(38)50(46,47)48)35(44)42-27(17-26)9-11-30(42)36(45)41-19-25(18-37(41)13-14-37)22-5-3-2-4-6-22/h2-7,12,15-16,25-30,33H,8-11,13-14,17-21H2,1H3,(H,39,43)(H2,46,47,48)/t25-,26+,27-,29+,30+,33+/m1/s1. The van der Waals surface area contributed by atoms with Gasteiger partial charge in [-0.1, -0.05) is 36.4 Å². The zero-order valence-corrected chi connectivity index (χ0v) is 30.2. The van der Waals surface area contributed by atoms with Gasteiger partial charge in [-0.2, -0.15) is 0 Å². The van der Waals surface area contributed by atoms with E-state index in [1.807, 2.05) is 23.1 Å². The summed E-state index contributed by atoms with van der Waals surface area (Å²) in [4.78, 5) is 68.2. The quantitative estimate of drug-likeness (QED) is 0.277. The average molecular weight is 739 g/mol. The van der Waals surface area contributed by atoms with E-state index in [0.717, 1.165) is 43.4 Å². The number of benzene rings is 2. The molecule has 0 unspecified atom stereocenters. The van der Waals surface area contributed by atoms with Crippen molar-refractivity contribution in [2.45, 2.75) is 98.9 Å². The van der Waals surface area contributed by atoms with Gasteiger partial charge in [0.05, 0.1) is 24.1 Å². The molecule has 1 aliphatic carbocycles. The summed E-state index contributed by atoms with van der Waals surface area (Å²) < 4.78 is 32.1. The summed E-state index contributed by atoms with van der Waals surface area (Å²) in [6.07, 6.45) is 6.04. The van der Waals surface area contributed by atoms with E-state index in [4.69, 9.17) is 4.74 Å². The summed E-state index contributed by atoms with van der Waals surface area (Å²) in [5.74, 6) is -2.87. The number of amides is 3. The Morgan fingerprint density at radius 3 is 2.51 bits per heavy atom. The van der Waals surface area contributed by atoms with Crippen LogP contribution in [0.25, 0.3) is 10.1 Å². The zero-order chi connectivity index (χ0) is 35.7. The van der Waals surface area contributed by atoms with Crippen LogP contribution in [0.2, 0.25) is 0 Å². The monoisotopic (exact) mass is 738 g/mol. The molecule has 5 aliphatic rings. The molecule has 2 aromatic carbocycles. The zero-order valence-electron chi connectivity index (χ0n) is 28.5. The number of alkyl halides is 1. The summed E-state index contributed by atoms with van der Waals surface area (Å²) in [6, 6.07) is 15.0. The lowest BCUT2D eigenvalue weighted by atomic mass is 9.92. The third-order valence-electron chi connectivity index (χ3n) is 12.1. The van der Waals surface area contributed by atoms with Gasteiger partial charge in [0, 0.05) is 34.8 Å². The third-order valence-corrected chi connectivity index (χ3v) is 14.1. The molecule has 51 heavy (non-hydrogen) atoms. The lowest BCUT2D eigenvalue weighted by Crippen LogP contribution is -2.60. The molecule has 6 atom stereocenters. The smallest absolute Gasteiger partial charge is 0.363 e. The van der Waals surface area contributed by atoms with Crippen LogP contribution in [0.5, 0.6) is 0 Å². The molecule has 4 saturated heterocycles. The van der Waals surface area contributed by atoms with Gasteiger partial charge in [0.1, 0.15) is 12.1 Å². The number of hydrogen-bond acceptors (Lipinski definition) is 7. The first-order valence-corrected chi connectivity index (χ1v) is 20.4. The Morgan fingerprint density at radius 2 is 1.82 bits per heavy atom. The number of halogens is 1. The molecule has 5 fully saturated rings. The minimum absolute atomic E-state index is 0.0199. The van der Waals surface area contributed by atoms with E-state index in [9.17, 15) is 33.1 Å². The number of carbonyl (C=O) groups is 3. The normalized spacial score (nSPS) is 28.4. The molecule has 272 valence electrons. The Morgan fingerprint density at radius 1 is 1.06 bits per heavy atom. The van der Waals surface area contributed by atoms with Crippen LogP contribution >= 0.6 is 18.9 Å². The second-order valence-corrected chi connectivity index (χ2v) is 17.9. The number of fused-ring (bicyclic) bond motifs is 2. The molecule has 3 N–H and O–H groups in total. The van der Waals surface area contributed by atoms with Crippen molar-refractivity contribution >= 4 is 46.7 Å². The maximum atomic E-state index is 14.6. The van der Waals surface area contributed by atoms with Crippen molar-refractivity contribution in [3.05, 3.63) is 70.6 Å². The van der Waals surface area contributed by atoms with Crippen molar-refractivity contribution in [1.82, 2.24) is 20.0 Å². The Bertz CT molecular complexity index is 1880. The fourth-order valence-corrected chi connectivity index (χ4v) is 10.4. The van der Waals surface area contributed by atoms with E-state index >= 15 is 0 Å². The van der Waals surface area contributed by atoms with Gasteiger partial charge < -0.3 is 29.6 Å². The Balaban J connectivity index is 1.05. The molecule has 3 amide bonds. The van der Waals surface area contributed by atoms with Crippen LogP contribution < -0.4 is 5.32 Å². The maximum Gasteiger partial charge on any atom is 0.363 e. The highest BCUT2D eigenvalue weighted by molar-refractivity contribution is 7.51. The van der Waals surface area contributed by atoms with Crippen LogP contribution in [0.1, 0.15) is 84.0 Å². The summed E-state index contributed by atoms with van der Waals surface area (Å²) in [7, 11) is -2.90. The third kappa shape index (κ3) is 6.55. The van der Waals surface area contributed by atoms with Crippen molar-refractivity contribution in [2.75, 3.05) is 26.8 Å². The number of likely N-dealkylation sites (N-methyl/N-ethyl adjacent to an activating group) is 1. The van der Waals surface area contributed by atoms with E-state index < -0.39 is 31.5 Å². The van der Waals surface area contributed by atoms with E-state index in [-0.39, 0.29) is 47.0 Å². The van der Waals surface area contributed by atoms with Gasteiger partial charge in [-0.25, -0.2) is 4.39 Å². The predicted molar refractivity (Wildman–Crippen MR) is 190 cm³/mol. The van der Waals surface area contributed by atoms with Crippen LogP contribution in [0.3, 0.4) is 0 Å². The highest BCUT2D eigenvalue weighted by Crippen LogP contribution is 2.55. The molecule has 11 nitrogen and oxygen atoms in total. The van der Waals surface area contributed by atoms with Crippen molar-refractivity contribution in [2.24, 2.45) is 0 Å². The van der Waals surface area contributed by atoms with Gasteiger partial charge in [-0.05, 0) is 93.1 Å². The molecular weight excluding hydrogens is 694 g/mol. The van der Waals surface area contributed by atoms with Gasteiger partial charge in [0.2, 0.25) is 17.7 Å². The van der Waals surface area contributed by atoms with Gasteiger partial charge >= 0.3 is 7.60 Å². The Labute approximate surface area is 300 Å². The summed E-state index contributed by atoms with van der Waals surface area (Å²) >= 11 is 1.16. The van der Waals surface area contributed by atoms with Crippen molar-refractivity contribution < 1.29 is 37.9 Å². The van der Waals surface area contributed by atoms with Crippen LogP contribution in [0.15, 0.2) is 54.6 Å². The van der Waals surface area contributed by atoms with E-state index in [2.05, 4.69) is 34.3 Å². The highest BCUT2D eigenvalue weighted by atomic mass is 32.1. The SMILES string of the molecule is CN(C1COC1)[C@H]1CC[C@H](NC(=O)c2cc3cc([C@@H](F)P(=O)(O)O)ccc3s2)C(=O)N2[C@H](CC[C@H]2C(=O)N2C[C@H](c3ccccc3)CC23CC3)C1. The van der Waals surface area contributed by atoms with E-state index in [1.165, 1.54) is 23.8 Å². The highest BCUT2D eigenvalue weighted by Gasteiger charge is 2.58. The van der Waals surface area contributed by atoms with Crippen LogP contribution in [0, 0.1) is 0 Å². The molecule has 1 saturated carbocycles. The number of thiophene rings is 1. The number of rotatable bonds is 8. The van der Waals surface area contributed by atoms with Gasteiger partial charge in [-0.3, -0.25) is 23.8 Å². The van der Waals surface area contributed by atoms with Crippen molar-refractivity contribution in [3.63, 3.8) is 0 Å². The van der Waals surface area contributed by atoms with E-state index in [1.54, 1.807) is 6.07 Å². The number of carbonyl (C=O) groups excluding carboxylic acids is 3. The van der Waals surface area contributed by atoms with Gasteiger partial charge in [-0.15, -0.1) is 11.3 Å². The average Bonchev–Trinajstić information content (AvgIpc) is 3.39. The number of likely N-dealkylation sites (tertiary alicyclic amines) is 1. The first kappa shape index (κ1) is 34.9. The molecule has 1 aromatic heterocycles. The fraction of sp³-hybridized carbons (Fsp3) is 0.541. The molecule has 14 heteroatoms. The minimum atomic E-state index is -5.00. The summed E-state index contributed by atoms with van der Waals surface area (Å²) in [6.45, 7) is 1.96. The van der Waals surface area contributed by atoms with Crippen LogP contribution in [-0.2, 0) is 18.9 Å². The number of nitrogens with one attached hydrogen (secondary N) is 1. The molecule has 0 radical (unpaired) electrons. The maximum absolute atomic E-state index is 14.6. The number of hydrogen-bond donors (Lipinski definition) is 3. The Hall–Kier alpha value is -3.19. The molecular formula is C37H44FN4O7PS. The number of nitrogens with zero attached hydrogens (tertiary/aromatic N) is 3. The lowest BCUT2D eigenvalue weighted by Gasteiger charge is -2.44. The molecule has 0 bridgehead atoms. The molecule has 3 aromatic rings. The molecule has 5 heterocycles. The predicted octanol–water partition coefficient (Wildman–Crippen LogP) is 4.94. The number of ether oxygens (including phenoxy) is 1. The van der Waals surface area contributed by atoms with Crippen molar-refractivity contribution in [1.29, 1.82) is 0 Å². The first-order chi connectivity index (χ1) is 24.4. The molecule has 1 spiro atoms. The van der Waals surface area contributed by atoms with E-state index in [0.29, 0.717) is 54.0 Å². The second-order valence-electron chi connectivity index (χ2n) is 15.2. The fourth-order valence-electron chi connectivity index (χ4n) is 8.91. The van der Waals surface area contributed by atoms with Gasteiger partial charge in [0.15, 0.2) is 0 Å². The summed E-state index contributed by atoms with van der Waals surface area (Å²) in [5, 5.41) is 3.48. The lowest BCUT2D eigenvalue weighted by molar-refractivity contribution is -0.149. The largest absolute Gasteiger partial charge is 0.378 e. The van der Waals surface area contributed by atoms with Crippen LogP contribution in [0.4, 0.5) is 4.39 Å². The Kier molecular flexibility index (Phi) is 9.12. The summed E-state index contributed by atoms with van der Waals surface area (Å²) in [5.41, 5.74) is 0.930. The minimum Gasteiger partial charge on any atom is -0.378 e. The second kappa shape index (κ2) is 13.3.